The Bertz CT molecular complexity index is 1250. The third kappa shape index (κ3) is 3.96. The van der Waals surface area contributed by atoms with Gasteiger partial charge >= 0.3 is 0 Å². The summed E-state index contributed by atoms with van der Waals surface area (Å²) in [6, 6.07) is 14.1. The van der Waals surface area contributed by atoms with Gasteiger partial charge < -0.3 is 10.2 Å². The predicted octanol–water partition coefficient (Wildman–Crippen LogP) is 6.06. The van der Waals surface area contributed by atoms with Crippen LogP contribution in [-0.2, 0) is 10.4 Å². The summed E-state index contributed by atoms with van der Waals surface area (Å²) in [5.74, 6) is 0.743. The van der Waals surface area contributed by atoms with E-state index in [0.717, 1.165) is 49.1 Å². The lowest BCUT2D eigenvalue weighted by atomic mass is 9.89. The van der Waals surface area contributed by atoms with Crippen LogP contribution >= 0.6 is 22.7 Å². The summed E-state index contributed by atoms with van der Waals surface area (Å²) in [6.45, 7) is 6.10. The number of benzene rings is 1. The Morgan fingerprint density at radius 2 is 1.90 bits per heavy atom. The third-order valence-corrected chi connectivity index (χ3v) is 7.07. The highest BCUT2D eigenvalue weighted by molar-refractivity contribution is 7.16. The topological polar surface area (TPSA) is 72.3 Å². The van der Waals surface area contributed by atoms with Crippen molar-refractivity contribution in [3.63, 3.8) is 0 Å². The number of pyridine rings is 1. The molecule has 1 aliphatic rings. The van der Waals surface area contributed by atoms with Crippen LogP contribution in [0.5, 0.6) is 0 Å². The summed E-state index contributed by atoms with van der Waals surface area (Å²) in [6.07, 6.45) is 2.53. The molecule has 0 saturated heterocycles. The fraction of sp³-hybridized carbons (Fsp3) is 0.217. The highest BCUT2D eigenvalue weighted by atomic mass is 32.1. The van der Waals surface area contributed by atoms with E-state index < -0.39 is 5.60 Å². The van der Waals surface area contributed by atoms with Crippen molar-refractivity contribution in [2.75, 3.05) is 5.32 Å². The monoisotopic (exact) mass is 447 g/mol. The number of aryl methyl sites for hydroxylation is 2. The van der Waals surface area contributed by atoms with Crippen LogP contribution in [-0.4, -0.2) is 20.7 Å². The van der Waals surface area contributed by atoms with Gasteiger partial charge in [-0.2, -0.15) is 0 Å². The highest BCUT2D eigenvalue weighted by Crippen LogP contribution is 2.36. The molecule has 0 bridgehead atoms. The molecule has 0 radical (unpaired) electrons. The molecule has 0 saturated carbocycles. The average molecular weight is 448 g/mol. The summed E-state index contributed by atoms with van der Waals surface area (Å²) < 4.78 is 0. The van der Waals surface area contributed by atoms with Crippen LogP contribution in [0.3, 0.4) is 0 Å². The summed E-state index contributed by atoms with van der Waals surface area (Å²) >= 11 is 3.22. The van der Waals surface area contributed by atoms with E-state index in [9.17, 15) is 0 Å². The van der Waals surface area contributed by atoms with Gasteiger partial charge in [0, 0.05) is 23.6 Å². The van der Waals surface area contributed by atoms with Gasteiger partial charge in [-0.15, -0.1) is 22.7 Å². The zero-order valence-corrected chi connectivity index (χ0v) is 19.0. The van der Waals surface area contributed by atoms with Gasteiger partial charge in [0.1, 0.15) is 5.82 Å². The van der Waals surface area contributed by atoms with E-state index in [1.807, 2.05) is 55.8 Å². The van der Waals surface area contributed by atoms with Gasteiger partial charge in [-0.3, -0.25) is 0 Å². The van der Waals surface area contributed by atoms with Crippen LogP contribution in [0.4, 0.5) is 10.9 Å². The summed E-state index contributed by atoms with van der Waals surface area (Å²) in [4.78, 5) is 20.7. The Morgan fingerprint density at radius 3 is 2.61 bits per heavy atom. The number of nitrogens with zero attached hydrogens (tertiary/aromatic N) is 4. The van der Waals surface area contributed by atoms with Crippen molar-refractivity contribution in [1.29, 1.82) is 0 Å². The normalized spacial score (nSPS) is 18.0. The van der Waals surface area contributed by atoms with Crippen molar-refractivity contribution in [3.8, 4) is 10.6 Å². The van der Waals surface area contributed by atoms with Crippen LogP contribution in [0.25, 0.3) is 10.6 Å². The number of oxime groups is 1. The predicted molar refractivity (Wildman–Crippen MR) is 126 cm³/mol. The second-order valence-electron chi connectivity index (χ2n) is 7.65. The van der Waals surface area contributed by atoms with Crippen molar-refractivity contribution in [1.82, 2.24) is 15.0 Å². The Labute approximate surface area is 188 Å². The van der Waals surface area contributed by atoms with Gasteiger partial charge in [-0.1, -0.05) is 35.5 Å². The molecule has 31 heavy (non-hydrogen) atoms. The molecule has 1 unspecified atom stereocenters. The van der Waals surface area contributed by atoms with Gasteiger partial charge in [-0.25, -0.2) is 15.0 Å². The fourth-order valence-corrected chi connectivity index (χ4v) is 5.26. The van der Waals surface area contributed by atoms with Crippen LogP contribution in [0, 0.1) is 13.8 Å². The van der Waals surface area contributed by atoms with E-state index in [-0.39, 0.29) is 0 Å². The van der Waals surface area contributed by atoms with Gasteiger partial charge in [0.15, 0.2) is 10.7 Å². The van der Waals surface area contributed by atoms with Crippen molar-refractivity contribution < 1.29 is 4.84 Å². The van der Waals surface area contributed by atoms with Gasteiger partial charge in [0.25, 0.3) is 0 Å². The minimum absolute atomic E-state index is 0.446. The zero-order chi connectivity index (χ0) is 21.4. The number of anilines is 2. The van der Waals surface area contributed by atoms with E-state index >= 15 is 0 Å². The maximum Gasteiger partial charge on any atom is 0.188 e. The number of rotatable bonds is 5. The number of thiazole rings is 2. The summed E-state index contributed by atoms with van der Waals surface area (Å²) in [5.41, 5.74) is 4.50. The minimum Gasteiger partial charge on any atom is -0.384 e. The molecule has 1 N–H and O–H groups in total. The molecule has 8 heteroatoms. The Hall–Kier alpha value is -3.10. The van der Waals surface area contributed by atoms with Crippen molar-refractivity contribution in [2.45, 2.75) is 32.8 Å². The number of hydrogen-bond acceptors (Lipinski definition) is 8. The van der Waals surface area contributed by atoms with E-state index in [4.69, 9.17) is 9.82 Å². The first-order valence-electron chi connectivity index (χ1n) is 9.94. The van der Waals surface area contributed by atoms with Gasteiger partial charge in [-0.05, 0) is 38.5 Å². The van der Waals surface area contributed by atoms with Gasteiger partial charge in [0.2, 0.25) is 0 Å². The third-order valence-electron chi connectivity index (χ3n) is 5.22. The van der Waals surface area contributed by atoms with E-state index in [1.54, 1.807) is 22.7 Å². The van der Waals surface area contributed by atoms with E-state index in [0.29, 0.717) is 6.42 Å². The largest absolute Gasteiger partial charge is 0.384 e. The molecule has 6 nitrogen and oxygen atoms in total. The van der Waals surface area contributed by atoms with Crippen molar-refractivity contribution in [3.05, 3.63) is 75.9 Å². The van der Waals surface area contributed by atoms with E-state index in [1.165, 1.54) is 0 Å². The Balaban J connectivity index is 1.28. The molecule has 0 spiro atoms. The number of nitrogens with one attached hydrogen (secondary N) is 1. The molecular weight excluding hydrogens is 426 g/mol. The molecule has 4 heterocycles. The lowest BCUT2D eigenvalue weighted by molar-refractivity contribution is -0.00738. The molecule has 1 aromatic carbocycles. The number of aromatic nitrogens is 3. The molecule has 3 aromatic heterocycles. The molecule has 156 valence electrons. The lowest BCUT2D eigenvalue weighted by Gasteiger charge is -2.21. The first-order valence-corrected chi connectivity index (χ1v) is 11.6. The SMILES string of the molecule is Cc1nc(C)c(-c2csc(Nc3ccc(C4=NOC(C)(c5ccccc5)C4)cn3)n2)s1. The fourth-order valence-electron chi connectivity index (χ4n) is 3.59. The Kier molecular flexibility index (Phi) is 5.03. The quantitative estimate of drug-likeness (QED) is 0.402. The maximum atomic E-state index is 5.81. The van der Waals surface area contributed by atoms with Crippen LogP contribution in [0.15, 0.2) is 59.2 Å². The summed E-state index contributed by atoms with van der Waals surface area (Å²) in [5, 5.41) is 11.5. The smallest absolute Gasteiger partial charge is 0.188 e. The van der Waals surface area contributed by atoms with Gasteiger partial charge in [0.05, 0.1) is 27.0 Å². The highest BCUT2D eigenvalue weighted by Gasteiger charge is 2.36. The standard InChI is InChI=1S/C23H21N5OS2/c1-14-21(31-15(2)25-14)19-13-30-22(26-19)27-20-10-9-16(12-24-20)18-11-23(3,29-28-18)17-7-5-4-6-8-17/h4-10,12-13H,11H2,1-3H3,(H,24,26,27). The van der Waals surface area contributed by atoms with Crippen LogP contribution in [0.1, 0.15) is 35.2 Å². The van der Waals surface area contributed by atoms with E-state index in [2.05, 4.69) is 39.5 Å². The second-order valence-corrected chi connectivity index (χ2v) is 9.71. The molecule has 1 aliphatic heterocycles. The van der Waals surface area contributed by atoms with Crippen molar-refractivity contribution >= 4 is 39.3 Å². The Morgan fingerprint density at radius 1 is 1.06 bits per heavy atom. The first kappa shape index (κ1) is 19.8. The second kappa shape index (κ2) is 7.86. The molecule has 5 rings (SSSR count). The zero-order valence-electron chi connectivity index (χ0n) is 17.4. The maximum absolute atomic E-state index is 5.81. The molecule has 0 amide bonds. The molecular formula is C23H21N5OS2. The van der Waals surface area contributed by atoms with Crippen LogP contribution in [0.2, 0.25) is 0 Å². The summed E-state index contributed by atoms with van der Waals surface area (Å²) in [7, 11) is 0. The lowest BCUT2D eigenvalue weighted by Crippen LogP contribution is -2.21. The van der Waals surface area contributed by atoms with Crippen LogP contribution < -0.4 is 5.32 Å². The first-order chi connectivity index (χ1) is 15.0. The molecule has 1 atom stereocenters. The minimum atomic E-state index is -0.446. The molecule has 0 aliphatic carbocycles. The molecule has 0 fully saturated rings. The average Bonchev–Trinajstić information content (AvgIpc) is 3.49. The van der Waals surface area contributed by atoms with Crippen molar-refractivity contribution in [2.24, 2.45) is 5.16 Å². The number of hydrogen-bond donors (Lipinski definition) is 1. The molecule has 4 aromatic rings.